The van der Waals surface area contributed by atoms with Crippen LogP contribution in [0.3, 0.4) is 0 Å². The van der Waals surface area contributed by atoms with Crippen molar-refractivity contribution in [2.75, 3.05) is 12.0 Å². The first-order valence-electron chi connectivity index (χ1n) is 6.30. The molecule has 0 heterocycles. The highest BCUT2D eigenvalue weighted by Gasteiger charge is 2.19. The number of unbranched alkanes of at least 4 members (excludes halogenated alkanes) is 1. The second-order valence-electron chi connectivity index (χ2n) is 4.33. The molecule has 2 amide bonds. The predicted molar refractivity (Wildman–Crippen MR) is 75.1 cm³/mol. The monoisotopic (exact) mass is 276 g/mol. The minimum Gasteiger partial charge on any atom is -0.480 e. The molecule has 5 nitrogen and oxygen atoms in total. The average Bonchev–Trinajstić information content (AvgIpc) is 2.31. The lowest BCUT2D eigenvalue weighted by molar-refractivity contribution is -0.139. The highest BCUT2D eigenvalue weighted by Crippen LogP contribution is 2.02. The van der Waals surface area contributed by atoms with Crippen LogP contribution in [0.5, 0.6) is 0 Å². The van der Waals surface area contributed by atoms with Crippen LogP contribution in [-0.2, 0) is 4.79 Å². The minimum atomic E-state index is -0.986. The smallest absolute Gasteiger partial charge is 0.326 e. The van der Waals surface area contributed by atoms with Gasteiger partial charge in [-0.15, -0.1) is 0 Å². The van der Waals surface area contributed by atoms with Crippen molar-refractivity contribution in [1.82, 2.24) is 10.6 Å². The summed E-state index contributed by atoms with van der Waals surface area (Å²) in [7, 11) is 0. The van der Waals surface area contributed by atoms with Gasteiger partial charge in [-0.2, -0.15) is 11.8 Å². The number of urea groups is 1. The third-order valence-electron chi connectivity index (χ3n) is 2.58. The Balaban J connectivity index is 4.04. The van der Waals surface area contributed by atoms with Crippen molar-refractivity contribution in [3.8, 4) is 0 Å². The van der Waals surface area contributed by atoms with Crippen LogP contribution in [0, 0.1) is 0 Å². The minimum absolute atomic E-state index is 0.0694. The second kappa shape index (κ2) is 10.1. The Hall–Kier alpha value is -0.910. The van der Waals surface area contributed by atoms with Gasteiger partial charge in [-0.1, -0.05) is 19.8 Å². The van der Waals surface area contributed by atoms with Gasteiger partial charge in [-0.3, -0.25) is 0 Å². The standard InChI is InChI=1S/C12H24N2O3S/c1-4-5-6-9(2)13-12(17)14-10(11(15)16)7-8-18-3/h9-10H,4-8H2,1-3H3,(H,15,16)(H2,13,14,17)/t9?,10-/m1/s1. The Kier molecular flexibility index (Phi) is 9.55. The van der Waals surface area contributed by atoms with E-state index in [1.807, 2.05) is 13.2 Å². The predicted octanol–water partition coefficient (Wildman–Crippen LogP) is 2.07. The van der Waals surface area contributed by atoms with Crippen molar-refractivity contribution in [3.05, 3.63) is 0 Å². The summed E-state index contributed by atoms with van der Waals surface area (Å²) in [5.74, 6) is -0.275. The number of carbonyl (C=O) groups is 2. The molecular formula is C12H24N2O3S. The number of thioether (sulfide) groups is 1. The summed E-state index contributed by atoms with van der Waals surface area (Å²) in [5, 5.41) is 14.2. The van der Waals surface area contributed by atoms with Gasteiger partial charge in [0, 0.05) is 6.04 Å². The van der Waals surface area contributed by atoms with Gasteiger partial charge in [0.25, 0.3) is 0 Å². The first kappa shape index (κ1) is 17.1. The molecule has 0 aromatic heterocycles. The molecular weight excluding hydrogens is 252 g/mol. The van der Waals surface area contributed by atoms with Gasteiger partial charge < -0.3 is 15.7 Å². The van der Waals surface area contributed by atoms with E-state index in [0.29, 0.717) is 12.2 Å². The van der Waals surface area contributed by atoms with E-state index in [4.69, 9.17) is 5.11 Å². The number of hydrogen-bond acceptors (Lipinski definition) is 3. The average molecular weight is 276 g/mol. The lowest BCUT2D eigenvalue weighted by Crippen LogP contribution is -2.48. The number of hydrogen-bond donors (Lipinski definition) is 3. The first-order valence-corrected chi connectivity index (χ1v) is 7.69. The zero-order valence-electron chi connectivity index (χ0n) is 11.4. The molecule has 0 radical (unpaired) electrons. The summed E-state index contributed by atoms with van der Waals surface area (Å²) in [5.41, 5.74) is 0. The Morgan fingerprint density at radius 3 is 2.44 bits per heavy atom. The molecule has 0 spiro atoms. The summed E-state index contributed by atoms with van der Waals surface area (Å²) in [6.45, 7) is 4.02. The lowest BCUT2D eigenvalue weighted by Gasteiger charge is -2.18. The summed E-state index contributed by atoms with van der Waals surface area (Å²) < 4.78 is 0. The molecule has 0 rings (SSSR count). The summed E-state index contributed by atoms with van der Waals surface area (Å²) in [4.78, 5) is 22.5. The number of carboxylic acids is 1. The highest BCUT2D eigenvalue weighted by molar-refractivity contribution is 7.98. The molecule has 3 N–H and O–H groups in total. The van der Waals surface area contributed by atoms with Gasteiger partial charge in [0.2, 0.25) is 0 Å². The van der Waals surface area contributed by atoms with E-state index in [2.05, 4.69) is 17.6 Å². The molecule has 2 atom stereocenters. The van der Waals surface area contributed by atoms with Gasteiger partial charge in [-0.25, -0.2) is 9.59 Å². The topological polar surface area (TPSA) is 78.4 Å². The fraction of sp³-hybridized carbons (Fsp3) is 0.833. The molecule has 6 heteroatoms. The van der Waals surface area contributed by atoms with Crippen molar-refractivity contribution in [2.24, 2.45) is 0 Å². The van der Waals surface area contributed by atoms with Crippen LogP contribution in [0.25, 0.3) is 0 Å². The first-order chi connectivity index (χ1) is 8.51. The van der Waals surface area contributed by atoms with E-state index >= 15 is 0 Å². The molecule has 0 fully saturated rings. The normalized spacial score (nSPS) is 13.7. The van der Waals surface area contributed by atoms with Gasteiger partial charge in [0.15, 0.2) is 0 Å². The largest absolute Gasteiger partial charge is 0.480 e. The Labute approximate surface area is 113 Å². The van der Waals surface area contributed by atoms with Crippen LogP contribution in [0.1, 0.15) is 39.5 Å². The van der Waals surface area contributed by atoms with Crippen LogP contribution in [0.4, 0.5) is 4.79 Å². The number of carboxylic acid groups (broad SMARTS) is 1. The zero-order valence-corrected chi connectivity index (χ0v) is 12.2. The Morgan fingerprint density at radius 2 is 1.94 bits per heavy atom. The highest BCUT2D eigenvalue weighted by atomic mass is 32.2. The SMILES string of the molecule is CCCCC(C)NC(=O)N[C@H](CCSC)C(=O)O. The molecule has 0 aliphatic heterocycles. The Morgan fingerprint density at radius 1 is 1.28 bits per heavy atom. The molecule has 0 aromatic carbocycles. The van der Waals surface area contributed by atoms with Crippen LogP contribution in [0.2, 0.25) is 0 Å². The van der Waals surface area contributed by atoms with E-state index in [0.717, 1.165) is 19.3 Å². The van der Waals surface area contributed by atoms with Crippen molar-refractivity contribution < 1.29 is 14.7 Å². The van der Waals surface area contributed by atoms with Crippen molar-refractivity contribution in [2.45, 2.75) is 51.6 Å². The zero-order chi connectivity index (χ0) is 14.0. The molecule has 18 heavy (non-hydrogen) atoms. The molecule has 0 aliphatic rings. The maximum absolute atomic E-state index is 11.6. The van der Waals surface area contributed by atoms with Crippen LogP contribution in [0.15, 0.2) is 0 Å². The number of amides is 2. The van der Waals surface area contributed by atoms with E-state index in [-0.39, 0.29) is 6.04 Å². The number of rotatable bonds is 9. The lowest BCUT2D eigenvalue weighted by atomic mass is 10.1. The van der Waals surface area contributed by atoms with Crippen LogP contribution < -0.4 is 10.6 Å². The molecule has 0 saturated carbocycles. The number of nitrogens with one attached hydrogen (secondary N) is 2. The van der Waals surface area contributed by atoms with E-state index in [1.54, 1.807) is 11.8 Å². The maximum Gasteiger partial charge on any atom is 0.326 e. The fourth-order valence-electron chi connectivity index (χ4n) is 1.50. The van der Waals surface area contributed by atoms with Gasteiger partial charge in [0.05, 0.1) is 0 Å². The Bertz CT molecular complexity index is 262. The summed E-state index contributed by atoms with van der Waals surface area (Å²) in [6.07, 6.45) is 5.39. The van der Waals surface area contributed by atoms with E-state index < -0.39 is 18.0 Å². The van der Waals surface area contributed by atoms with E-state index in [9.17, 15) is 9.59 Å². The van der Waals surface area contributed by atoms with Crippen molar-refractivity contribution >= 4 is 23.8 Å². The van der Waals surface area contributed by atoms with Crippen LogP contribution >= 0.6 is 11.8 Å². The van der Waals surface area contributed by atoms with Crippen molar-refractivity contribution in [3.63, 3.8) is 0 Å². The molecule has 0 aliphatic carbocycles. The third-order valence-corrected chi connectivity index (χ3v) is 3.23. The number of aliphatic carboxylic acids is 1. The maximum atomic E-state index is 11.6. The molecule has 106 valence electrons. The number of carbonyl (C=O) groups excluding carboxylic acids is 1. The summed E-state index contributed by atoms with van der Waals surface area (Å²) in [6, 6.07) is -1.14. The third kappa shape index (κ3) is 8.22. The van der Waals surface area contributed by atoms with Gasteiger partial charge in [-0.05, 0) is 31.8 Å². The van der Waals surface area contributed by atoms with Gasteiger partial charge in [0.1, 0.15) is 6.04 Å². The fourth-order valence-corrected chi connectivity index (χ4v) is 1.97. The molecule has 0 aromatic rings. The van der Waals surface area contributed by atoms with Gasteiger partial charge >= 0.3 is 12.0 Å². The molecule has 0 bridgehead atoms. The quantitative estimate of drug-likeness (QED) is 0.602. The van der Waals surface area contributed by atoms with Crippen molar-refractivity contribution in [1.29, 1.82) is 0 Å². The summed E-state index contributed by atoms with van der Waals surface area (Å²) >= 11 is 1.56. The van der Waals surface area contributed by atoms with Crippen LogP contribution in [-0.4, -0.2) is 41.2 Å². The molecule has 1 unspecified atom stereocenters. The second-order valence-corrected chi connectivity index (χ2v) is 5.32. The molecule has 0 saturated heterocycles. The van der Waals surface area contributed by atoms with E-state index in [1.165, 1.54) is 0 Å².